The first-order chi connectivity index (χ1) is 6.35. The Hall–Kier alpha value is 0.110. The summed E-state index contributed by atoms with van der Waals surface area (Å²) in [6.07, 6.45) is -1.35. The molecule has 1 nitrogen and oxygen atoms in total. The van der Waals surface area contributed by atoms with Gasteiger partial charge in [-0.05, 0) is 18.4 Å². The van der Waals surface area contributed by atoms with Crippen molar-refractivity contribution in [2.45, 2.75) is 33.6 Å². The second-order valence-corrected chi connectivity index (χ2v) is 5.07. The first-order valence-electron chi connectivity index (χ1n) is 4.91. The number of hydrogen-bond donors (Lipinski definition) is 0. The first kappa shape index (κ1) is 14.1. The highest BCUT2D eigenvalue weighted by atomic mass is 35.5. The van der Waals surface area contributed by atoms with Crippen molar-refractivity contribution in [2.75, 3.05) is 25.5 Å². The molecule has 0 aromatic heterocycles. The Labute approximate surface area is 90.4 Å². The van der Waals surface area contributed by atoms with Crippen LogP contribution in [0.5, 0.6) is 0 Å². The van der Waals surface area contributed by atoms with Crippen LogP contribution in [-0.2, 0) is 0 Å². The topological polar surface area (TPSA) is 3.24 Å². The van der Waals surface area contributed by atoms with Crippen LogP contribution in [0.1, 0.15) is 27.2 Å². The molecule has 0 aliphatic rings. The van der Waals surface area contributed by atoms with Gasteiger partial charge in [0.05, 0.1) is 6.54 Å². The molecule has 0 radical (unpaired) electrons. The van der Waals surface area contributed by atoms with E-state index in [0.717, 1.165) is 6.42 Å². The number of rotatable bonds is 6. The lowest BCUT2D eigenvalue weighted by molar-refractivity contribution is 0.0854. The molecule has 14 heavy (non-hydrogen) atoms. The van der Waals surface area contributed by atoms with Crippen molar-refractivity contribution in [3.63, 3.8) is 0 Å². The summed E-state index contributed by atoms with van der Waals surface area (Å²) in [5.41, 5.74) is 0.187. The van der Waals surface area contributed by atoms with Crippen molar-refractivity contribution >= 4 is 11.6 Å². The third-order valence-corrected chi connectivity index (χ3v) is 2.14. The average molecular weight is 228 g/mol. The van der Waals surface area contributed by atoms with E-state index in [9.17, 15) is 8.78 Å². The summed E-state index contributed by atoms with van der Waals surface area (Å²) >= 11 is 5.54. The summed E-state index contributed by atoms with van der Waals surface area (Å²) in [4.78, 5) is 1.73. The minimum Gasteiger partial charge on any atom is -0.297 e. The predicted octanol–water partition coefficient (Wildman–Crippen LogP) is 3.23. The molecular formula is C10H20ClF2N. The van der Waals surface area contributed by atoms with E-state index >= 15 is 0 Å². The molecule has 0 saturated carbocycles. The minimum atomic E-state index is -2.27. The highest BCUT2D eigenvalue weighted by Crippen LogP contribution is 2.19. The van der Waals surface area contributed by atoms with Gasteiger partial charge in [0.15, 0.2) is 0 Å². The van der Waals surface area contributed by atoms with Crippen LogP contribution in [0, 0.1) is 5.41 Å². The van der Waals surface area contributed by atoms with Crippen molar-refractivity contribution < 1.29 is 8.78 Å². The molecule has 0 bridgehead atoms. The molecule has 0 N–H and O–H groups in total. The largest absolute Gasteiger partial charge is 0.297 e. The van der Waals surface area contributed by atoms with Crippen LogP contribution < -0.4 is 0 Å². The Bertz CT molecular complexity index is 146. The molecule has 0 aliphatic carbocycles. The molecule has 0 aromatic carbocycles. The Balaban J connectivity index is 3.84. The van der Waals surface area contributed by atoms with Gasteiger partial charge in [0.25, 0.3) is 6.43 Å². The monoisotopic (exact) mass is 227 g/mol. The van der Waals surface area contributed by atoms with Crippen LogP contribution in [0.2, 0.25) is 0 Å². The van der Waals surface area contributed by atoms with Crippen LogP contribution in [0.25, 0.3) is 0 Å². The first-order valence-corrected chi connectivity index (χ1v) is 5.45. The van der Waals surface area contributed by atoms with Crippen molar-refractivity contribution in [3.05, 3.63) is 0 Å². The lowest BCUT2D eigenvalue weighted by Gasteiger charge is -2.25. The SMILES string of the molecule is CC(C)(C)CCN(CCCl)CC(F)F. The molecule has 86 valence electrons. The molecule has 0 heterocycles. The zero-order valence-electron chi connectivity index (χ0n) is 9.19. The zero-order valence-corrected chi connectivity index (χ0v) is 9.95. The van der Waals surface area contributed by atoms with E-state index in [1.807, 2.05) is 0 Å². The summed E-state index contributed by atoms with van der Waals surface area (Å²) < 4.78 is 24.3. The van der Waals surface area contributed by atoms with Crippen LogP contribution in [0.3, 0.4) is 0 Å². The fourth-order valence-electron chi connectivity index (χ4n) is 1.10. The summed E-state index contributed by atoms with van der Waals surface area (Å²) in [5.74, 6) is 0.414. The van der Waals surface area contributed by atoms with Gasteiger partial charge >= 0.3 is 0 Å². The molecular weight excluding hydrogens is 208 g/mol. The van der Waals surface area contributed by atoms with E-state index in [1.165, 1.54) is 0 Å². The van der Waals surface area contributed by atoms with Crippen molar-refractivity contribution in [1.29, 1.82) is 0 Å². The third-order valence-electron chi connectivity index (χ3n) is 1.97. The zero-order chi connectivity index (χ0) is 11.2. The van der Waals surface area contributed by atoms with E-state index in [1.54, 1.807) is 4.90 Å². The standard InChI is InChI=1S/C10H20ClF2N/c1-10(2,3)4-6-14(7-5-11)8-9(12)13/h9H,4-8H2,1-3H3. The fourth-order valence-corrected chi connectivity index (χ4v) is 1.34. The molecule has 0 saturated heterocycles. The summed E-state index contributed by atoms with van der Waals surface area (Å²) in [7, 11) is 0. The molecule has 0 amide bonds. The molecule has 0 unspecified atom stereocenters. The van der Waals surface area contributed by atoms with E-state index < -0.39 is 6.43 Å². The highest BCUT2D eigenvalue weighted by Gasteiger charge is 2.15. The maximum absolute atomic E-state index is 12.1. The maximum Gasteiger partial charge on any atom is 0.251 e. The molecule has 0 aliphatic heterocycles. The van der Waals surface area contributed by atoms with Gasteiger partial charge in [-0.2, -0.15) is 0 Å². The van der Waals surface area contributed by atoms with E-state index in [4.69, 9.17) is 11.6 Å². The smallest absolute Gasteiger partial charge is 0.251 e. The van der Waals surface area contributed by atoms with Crippen molar-refractivity contribution in [3.8, 4) is 0 Å². The van der Waals surface area contributed by atoms with Gasteiger partial charge in [0.2, 0.25) is 0 Å². The lowest BCUT2D eigenvalue weighted by atomic mass is 9.92. The van der Waals surface area contributed by atoms with Crippen molar-refractivity contribution in [1.82, 2.24) is 4.90 Å². The van der Waals surface area contributed by atoms with Gasteiger partial charge in [-0.25, -0.2) is 8.78 Å². The Morgan fingerprint density at radius 1 is 1.21 bits per heavy atom. The molecule has 0 atom stereocenters. The predicted molar refractivity (Wildman–Crippen MR) is 57.2 cm³/mol. The minimum absolute atomic E-state index is 0.164. The third kappa shape index (κ3) is 8.70. The number of hydrogen-bond acceptors (Lipinski definition) is 1. The van der Waals surface area contributed by atoms with E-state index in [2.05, 4.69) is 20.8 Å². The number of nitrogens with zero attached hydrogens (tertiary/aromatic N) is 1. The average Bonchev–Trinajstić information content (AvgIpc) is 1.98. The van der Waals surface area contributed by atoms with Crippen molar-refractivity contribution in [2.24, 2.45) is 5.41 Å². The van der Waals surface area contributed by atoms with Gasteiger partial charge in [-0.15, -0.1) is 11.6 Å². The Morgan fingerprint density at radius 2 is 1.79 bits per heavy atom. The van der Waals surface area contributed by atoms with Gasteiger partial charge in [-0.1, -0.05) is 20.8 Å². The summed E-state index contributed by atoms with van der Waals surface area (Å²) in [6, 6.07) is 0. The van der Waals surface area contributed by atoms with Gasteiger partial charge in [0.1, 0.15) is 0 Å². The summed E-state index contributed by atoms with van der Waals surface area (Å²) in [6.45, 7) is 7.39. The second kappa shape index (κ2) is 6.57. The maximum atomic E-state index is 12.1. The van der Waals surface area contributed by atoms with E-state index in [-0.39, 0.29) is 12.0 Å². The van der Waals surface area contributed by atoms with Crippen LogP contribution in [-0.4, -0.2) is 36.8 Å². The Morgan fingerprint density at radius 3 is 2.14 bits per heavy atom. The molecule has 0 rings (SSSR count). The normalized spacial score (nSPS) is 12.9. The molecule has 4 heteroatoms. The van der Waals surface area contributed by atoms with Gasteiger partial charge < -0.3 is 0 Å². The van der Waals surface area contributed by atoms with Gasteiger partial charge in [-0.3, -0.25) is 4.90 Å². The van der Waals surface area contributed by atoms with Crippen LogP contribution in [0.15, 0.2) is 0 Å². The van der Waals surface area contributed by atoms with E-state index in [0.29, 0.717) is 19.0 Å². The molecule has 0 spiro atoms. The van der Waals surface area contributed by atoms with Crippen LogP contribution >= 0.6 is 11.6 Å². The lowest BCUT2D eigenvalue weighted by Crippen LogP contribution is -2.33. The second-order valence-electron chi connectivity index (χ2n) is 4.69. The quantitative estimate of drug-likeness (QED) is 0.630. The highest BCUT2D eigenvalue weighted by molar-refractivity contribution is 6.18. The number of alkyl halides is 3. The molecule has 0 aromatic rings. The number of halogens is 3. The summed E-state index contributed by atoms with van der Waals surface area (Å²) in [5, 5.41) is 0. The van der Waals surface area contributed by atoms with Crippen LogP contribution in [0.4, 0.5) is 8.78 Å². The molecule has 0 fully saturated rings. The fraction of sp³-hybridized carbons (Fsp3) is 1.00. The Kier molecular flexibility index (Phi) is 6.62. The van der Waals surface area contributed by atoms with Gasteiger partial charge in [0, 0.05) is 12.4 Å².